The van der Waals surface area contributed by atoms with Crippen LogP contribution in [0.1, 0.15) is 5.48 Å². The van der Waals surface area contributed by atoms with Gasteiger partial charge in [0.2, 0.25) is 0 Å². The summed E-state index contributed by atoms with van der Waals surface area (Å²) in [4.78, 5) is 9.94. The zero-order valence-electron chi connectivity index (χ0n) is 6.80. The van der Waals surface area contributed by atoms with Gasteiger partial charge in [-0.2, -0.15) is 0 Å². The smallest absolute Gasteiger partial charge is 0.150 e. The first-order chi connectivity index (χ1) is 4.19. The second kappa shape index (κ2) is 2.81. The molecule has 0 saturated heterocycles. The van der Waals surface area contributed by atoms with Gasteiger partial charge < -0.3 is 15.0 Å². The van der Waals surface area contributed by atoms with Crippen molar-refractivity contribution < 1.29 is 20.5 Å². The van der Waals surface area contributed by atoms with Crippen molar-refractivity contribution in [2.24, 2.45) is 0 Å². The molecule has 0 aromatic carbocycles. The summed E-state index contributed by atoms with van der Waals surface area (Å²) in [5.41, 5.74) is 0. The fourth-order valence-corrected chi connectivity index (χ4v) is 0.0228. The molecule has 1 atom stereocenters. The van der Waals surface area contributed by atoms with Gasteiger partial charge in [-0.05, 0) is 0 Å². The number of carbonyl (C=O) groups is 1. The largest absolute Gasteiger partial charge is 0.393 e. The van der Waals surface area contributed by atoms with E-state index in [1.54, 1.807) is 0 Å². The molecule has 0 radical (unpaired) electrons. The number of hydrogen-bond acceptors (Lipinski definition) is 3. The third kappa shape index (κ3) is 1.87. The summed E-state index contributed by atoms with van der Waals surface area (Å²) in [6.45, 7) is -3.40. The predicted octanol–water partition coefficient (Wildman–Crippen LogP) is -1.46. The van der Waals surface area contributed by atoms with Crippen molar-refractivity contribution in [2.45, 2.75) is 6.08 Å². The Morgan fingerprint density at radius 2 is 3.00 bits per heavy atom. The zero-order valence-corrected chi connectivity index (χ0v) is 2.80. The molecule has 0 aliphatic rings. The summed E-state index contributed by atoms with van der Waals surface area (Å²) >= 11 is 0. The molecule has 0 heterocycles. The van der Waals surface area contributed by atoms with Gasteiger partial charge >= 0.3 is 0 Å². The Balaban J connectivity index is 4.57. The van der Waals surface area contributed by atoms with Crippen molar-refractivity contribution in [1.82, 2.24) is 0 Å². The quantitative estimate of drug-likeness (QED) is 0.411. The van der Waals surface area contributed by atoms with Gasteiger partial charge in [-0.3, -0.25) is 0 Å². The monoisotopic (exact) mass is 94.1 g/mol. The molecule has 3 heteroatoms. The fourth-order valence-electron chi connectivity index (χ4n) is 0.0228. The number of carbonyl (C=O) groups excluding carboxylic acids is 1. The van der Waals surface area contributed by atoms with E-state index < -0.39 is 18.9 Å². The summed E-state index contributed by atoms with van der Waals surface area (Å²) in [5.74, 6) is 0. The minimum absolute atomic E-state index is 1.89. The minimum Gasteiger partial charge on any atom is -0.393 e. The highest BCUT2D eigenvalue weighted by Gasteiger charge is 1.92. The van der Waals surface area contributed by atoms with Gasteiger partial charge in [0.15, 0.2) is 6.26 Å². The third-order valence-corrected chi connectivity index (χ3v) is 0.203. The second-order valence-corrected chi connectivity index (χ2v) is 0.562. The number of rotatable bonds is 2. The molecule has 0 unspecified atom stereocenters. The number of aliphatic hydroxyl groups is 2. The number of hydrogen-bond donors (Lipinski definition) is 2. The van der Waals surface area contributed by atoms with Crippen LogP contribution in [0.4, 0.5) is 0 Å². The second-order valence-electron chi connectivity index (χ2n) is 0.562. The van der Waals surface area contributed by atoms with Crippen LogP contribution in [-0.4, -0.2) is 29.1 Å². The molecule has 3 nitrogen and oxygen atoms in total. The molecule has 0 amide bonds. The Kier molecular flexibility index (Phi) is 0.747. The molecular formula is C3H6O3. The Morgan fingerprint density at radius 3 is 3.00 bits per heavy atom. The Hall–Kier alpha value is -0.410. The molecule has 0 aliphatic carbocycles. The highest BCUT2D eigenvalue weighted by molar-refractivity contribution is 5.55. The molecule has 0 aliphatic heterocycles. The molecule has 0 saturated carbocycles. The van der Waals surface area contributed by atoms with E-state index in [-0.39, 0.29) is 0 Å². The van der Waals surface area contributed by atoms with Crippen molar-refractivity contribution in [3.8, 4) is 0 Å². The Bertz CT molecular complexity index is 148. The van der Waals surface area contributed by atoms with E-state index >= 15 is 0 Å². The van der Waals surface area contributed by atoms with E-state index in [1.165, 1.54) is 0 Å². The highest BCUT2D eigenvalue weighted by Crippen LogP contribution is 1.66. The molecule has 0 rings (SSSR count). The van der Waals surface area contributed by atoms with E-state index in [2.05, 4.69) is 0 Å². The summed E-state index contributed by atoms with van der Waals surface area (Å²) in [7, 11) is 0. The average molecular weight is 94.1 g/mol. The van der Waals surface area contributed by atoms with Crippen LogP contribution in [0.15, 0.2) is 0 Å². The van der Waals surface area contributed by atoms with Gasteiger partial charge in [-0.25, -0.2) is 0 Å². The van der Waals surface area contributed by atoms with Crippen molar-refractivity contribution in [3.63, 3.8) is 0 Å². The van der Waals surface area contributed by atoms with Gasteiger partial charge in [0.25, 0.3) is 0 Å². The first-order valence-corrected chi connectivity index (χ1v) is 1.15. The number of aldehydes is 1. The molecule has 0 fully saturated rings. The van der Waals surface area contributed by atoms with Crippen LogP contribution in [0.2, 0.25) is 0 Å². The molecule has 0 aromatic rings. The maximum absolute atomic E-state index is 9.94. The maximum atomic E-state index is 9.94. The molecular weight excluding hydrogens is 84.0 g/mol. The fraction of sp³-hybridized carbons (Fsp3) is 0.667. The molecule has 0 bridgehead atoms. The van der Waals surface area contributed by atoms with Crippen LogP contribution in [0.25, 0.3) is 0 Å². The maximum Gasteiger partial charge on any atom is 0.150 e. The summed E-state index contributed by atoms with van der Waals surface area (Å²) in [6.07, 6.45) is -5.28. The summed E-state index contributed by atoms with van der Waals surface area (Å²) < 4.78 is 25.2. The highest BCUT2D eigenvalue weighted by atomic mass is 16.3. The van der Waals surface area contributed by atoms with E-state index in [1.807, 2.05) is 0 Å². The van der Waals surface area contributed by atoms with Crippen molar-refractivity contribution >= 4 is 6.26 Å². The van der Waals surface area contributed by atoms with Crippen LogP contribution in [-0.2, 0) is 4.79 Å². The lowest BCUT2D eigenvalue weighted by Crippen LogP contribution is -2.12. The first-order valence-electron chi connectivity index (χ1n) is 3.15. The van der Waals surface area contributed by atoms with E-state index in [9.17, 15) is 4.79 Å². The summed E-state index contributed by atoms with van der Waals surface area (Å²) in [5, 5.41) is 16.7. The van der Waals surface area contributed by atoms with E-state index in [4.69, 9.17) is 15.7 Å². The van der Waals surface area contributed by atoms with Crippen molar-refractivity contribution in [2.75, 3.05) is 6.56 Å². The minimum atomic E-state index is -3.40. The van der Waals surface area contributed by atoms with Crippen LogP contribution in [0.3, 0.4) is 0 Å². The van der Waals surface area contributed by atoms with E-state index in [0.29, 0.717) is 0 Å². The average Bonchev–Trinajstić information content (AvgIpc) is 1.62. The predicted molar refractivity (Wildman–Crippen MR) is 19.2 cm³/mol. The SMILES string of the molecule is [2H]C(=O)[C@]([2H])(O)C([2H])([2H])O. The lowest BCUT2D eigenvalue weighted by Gasteiger charge is -1.89. The molecule has 0 aromatic heterocycles. The Labute approximate surface area is 40.8 Å². The first kappa shape index (κ1) is 1.60. The normalized spacial score (nSPS) is 31.0. The Morgan fingerprint density at radius 1 is 2.50 bits per heavy atom. The molecule has 0 spiro atoms. The third-order valence-electron chi connectivity index (χ3n) is 0.203. The van der Waals surface area contributed by atoms with Gasteiger partial charge in [0.05, 0.1) is 10.7 Å². The van der Waals surface area contributed by atoms with Gasteiger partial charge in [0, 0.05) is 0 Å². The summed E-state index contributed by atoms with van der Waals surface area (Å²) in [6, 6.07) is 0. The van der Waals surface area contributed by atoms with Crippen LogP contribution in [0.5, 0.6) is 0 Å². The lowest BCUT2D eigenvalue weighted by atomic mass is 10.4. The van der Waals surface area contributed by atoms with Gasteiger partial charge in [-0.1, -0.05) is 0 Å². The molecule has 2 N–H and O–H groups in total. The van der Waals surface area contributed by atoms with Crippen molar-refractivity contribution in [3.05, 3.63) is 0 Å². The van der Waals surface area contributed by atoms with Crippen LogP contribution >= 0.6 is 0 Å². The standard InChI is InChI=1S/C3H6O3/c4-1-3(6)2-5/h1,3,5-6H,2H2/t3-/m0/s1/i1D,2D2,3D. The zero-order chi connectivity index (χ0) is 8.58. The van der Waals surface area contributed by atoms with Crippen LogP contribution < -0.4 is 0 Å². The lowest BCUT2D eigenvalue weighted by molar-refractivity contribution is -0.116. The van der Waals surface area contributed by atoms with Gasteiger partial charge in [0.1, 0.15) is 7.45 Å². The molecule has 6 heavy (non-hydrogen) atoms. The van der Waals surface area contributed by atoms with Crippen LogP contribution in [0, 0.1) is 0 Å². The molecule has 36 valence electrons. The van der Waals surface area contributed by atoms with Crippen molar-refractivity contribution in [1.29, 1.82) is 0 Å². The van der Waals surface area contributed by atoms with E-state index in [0.717, 1.165) is 0 Å². The topological polar surface area (TPSA) is 57.5 Å². The van der Waals surface area contributed by atoms with Gasteiger partial charge in [-0.15, -0.1) is 0 Å².